The van der Waals surface area contributed by atoms with Gasteiger partial charge in [-0.15, -0.1) is 0 Å². The smallest absolute Gasteiger partial charge is 0.0823 e. The van der Waals surface area contributed by atoms with Crippen LogP contribution in [0.15, 0.2) is 36.5 Å². The van der Waals surface area contributed by atoms with Crippen LogP contribution >= 0.6 is 0 Å². The molecule has 1 heterocycles. The number of hydrogen-bond donors (Lipinski definition) is 1. The van der Waals surface area contributed by atoms with Crippen LogP contribution in [0.1, 0.15) is 30.2 Å². The van der Waals surface area contributed by atoms with E-state index in [1.807, 2.05) is 35.0 Å². The molecule has 82 valence electrons. The first kappa shape index (κ1) is 9.60. The van der Waals surface area contributed by atoms with Gasteiger partial charge in [-0.25, -0.2) is 4.68 Å². The molecule has 0 amide bonds. The Labute approximate surface area is 94.3 Å². The van der Waals surface area contributed by atoms with Crippen LogP contribution in [0, 0.1) is 0 Å². The SMILES string of the molecule is O[C@@H]1CCCc2c1cnn2-c1ccccc1. The number of fused-ring (bicyclic) bond motifs is 1. The van der Waals surface area contributed by atoms with Crippen molar-refractivity contribution in [2.24, 2.45) is 0 Å². The second kappa shape index (κ2) is 3.76. The van der Waals surface area contributed by atoms with Crippen LogP contribution in [0.5, 0.6) is 0 Å². The zero-order valence-corrected chi connectivity index (χ0v) is 9.00. The van der Waals surface area contributed by atoms with Gasteiger partial charge in [-0.2, -0.15) is 5.10 Å². The monoisotopic (exact) mass is 214 g/mol. The zero-order chi connectivity index (χ0) is 11.0. The van der Waals surface area contributed by atoms with Crippen molar-refractivity contribution >= 4 is 0 Å². The highest BCUT2D eigenvalue weighted by atomic mass is 16.3. The fourth-order valence-electron chi connectivity index (χ4n) is 2.33. The van der Waals surface area contributed by atoms with E-state index in [2.05, 4.69) is 5.10 Å². The fraction of sp³-hybridized carbons (Fsp3) is 0.308. The highest BCUT2D eigenvalue weighted by Gasteiger charge is 2.22. The van der Waals surface area contributed by atoms with Gasteiger partial charge in [0.15, 0.2) is 0 Å². The number of para-hydroxylation sites is 1. The maximum absolute atomic E-state index is 9.87. The van der Waals surface area contributed by atoms with Crippen LogP contribution in [-0.4, -0.2) is 14.9 Å². The molecule has 2 aromatic rings. The second-order valence-electron chi connectivity index (χ2n) is 4.20. The van der Waals surface area contributed by atoms with Crippen molar-refractivity contribution in [1.29, 1.82) is 0 Å². The molecule has 1 aromatic carbocycles. The Kier molecular flexibility index (Phi) is 2.26. The Hall–Kier alpha value is -1.61. The van der Waals surface area contributed by atoms with Crippen LogP contribution in [0.2, 0.25) is 0 Å². The third kappa shape index (κ3) is 1.44. The summed E-state index contributed by atoms with van der Waals surface area (Å²) in [6.45, 7) is 0. The number of aliphatic hydroxyl groups is 1. The number of rotatable bonds is 1. The Bertz CT molecular complexity index is 490. The minimum absolute atomic E-state index is 0.332. The van der Waals surface area contributed by atoms with Gasteiger partial charge < -0.3 is 5.11 Å². The van der Waals surface area contributed by atoms with Crippen LogP contribution in [0.4, 0.5) is 0 Å². The molecule has 1 aromatic heterocycles. The fourth-order valence-corrected chi connectivity index (χ4v) is 2.33. The van der Waals surface area contributed by atoms with Crippen molar-refractivity contribution in [1.82, 2.24) is 9.78 Å². The molecule has 0 fully saturated rings. The van der Waals surface area contributed by atoms with Gasteiger partial charge in [0.1, 0.15) is 0 Å². The summed E-state index contributed by atoms with van der Waals surface area (Å²) in [5.74, 6) is 0. The molecule has 0 saturated heterocycles. The highest BCUT2D eigenvalue weighted by Crippen LogP contribution is 2.30. The Morgan fingerprint density at radius 1 is 1.25 bits per heavy atom. The summed E-state index contributed by atoms with van der Waals surface area (Å²) in [5.41, 5.74) is 3.22. The van der Waals surface area contributed by atoms with Crippen molar-refractivity contribution in [3.63, 3.8) is 0 Å². The first-order valence-corrected chi connectivity index (χ1v) is 5.66. The van der Waals surface area contributed by atoms with Gasteiger partial charge in [0.05, 0.1) is 23.7 Å². The molecule has 0 unspecified atom stereocenters. The molecule has 1 atom stereocenters. The minimum Gasteiger partial charge on any atom is -0.388 e. The van der Waals surface area contributed by atoms with Crippen LogP contribution in [-0.2, 0) is 6.42 Å². The van der Waals surface area contributed by atoms with Crippen molar-refractivity contribution in [2.75, 3.05) is 0 Å². The maximum atomic E-state index is 9.87. The van der Waals surface area contributed by atoms with Gasteiger partial charge in [0.25, 0.3) is 0 Å². The Morgan fingerprint density at radius 3 is 2.88 bits per heavy atom. The third-order valence-electron chi connectivity index (χ3n) is 3.15. The number of aromatic nitrogens is 2. The normalized spacial score (nSPS) is 19.4. The minimum atomic E-state index is -0.332. The molecule has 0 bridgehead atoms. The Morgan fingerprint density at radius 2 is 2.06 bits per heavy atom. The maximum Gasteiger partial charge on any atom is 0.0823 e. The van der Waals surface area contributed by atoms with Crippen LogP contribution in [0.3, 0.4) is 0 Å². The van der Waals surface area contributed by atoms with E-state index in [0.717, 1.165) is 36.2 Å². The van der Waals surface area contributed by atoms with Crippen LogP contribution < -0.4 is 0 Å². The van der Waals surface area contributed by atoms with E-state index in [4.69, 9.17) is 0 Å². The lowest BCUT2D eigenvalue weighted by molar-refractivity contribution is 0.156. The first-order valence-electron chi connectivity index (χ1n) is 5.66. The molecule has 0 spiro atoms. The third-order valence-corrected chi connectivity index (χ3v) is 3.15. The molecule has 0 saturated carbocycles. The molecule has 0 radical (unpaired) electrons. The van der Waals surface area contributed by atoms with E-state index in [0.29, 0.717) is 0 Å². The second-order valence-corrected chi connectivity index (χ2v) is 4.20. The summed E-state index contributed by atoms with van der Waals surface area (Å²) < 4.78 is 1.94. The van der Waals surface area contributed by atoms with E-state index < -0.39 is 0 Å². The Balaban J connectivity index is 2.10. The highest BCUT2D eigenvalue weighted by molar-refractivity contribution is 5.36. The summed E-state index contributed by atoms with van der Waals surface area (Å²) >= 11 is 0. The largest absolute Gasteiger partial charge is 0.388 e. The molecule has 16 heavy (non-hydrogen) atoms. The van der Waals surface area contributed by atoms with Crippen molar-refractivity contribution in [3.8, 4) is 5.69 Å². The predicted molar refractivity (Wildman–Crippen MR) is 61.5 cm³/mol. The van der Waals surface area contributed by atoms with Gasteiger partial charge in [0, 0.05) is 5.56 Å². The molecule has 1 aliphatic carbocycles. The summed E-state index contributed by atoms with van der Waals surface area (Å²) in [4.78, 5) is 0. The average Bonchev–Trinajstić information content (AvgIpc) is 2.75. The van der Waals surface area contributed by atoms with Crippen molar-refractivity contribution in [2.45, 2.75) is 25.4 Å². The first-order chi connectivity index (χ1) is 7.86. The van der Waals surface area contributed by atoms with E-state index in [9.17, 15) is 5.11 Å². The number of nitrogens with zero attached hydrogens (tertiary/aromatic N) is 2. The predicted octanol–water partition coefficient (Wildman–Crippen LogP) is 2.24. The van der Waals surface area contributed by atoms with Crippen LogP contribution in [0.25, 0.3) is 5.69 Å². The molecule has 3 nitrogen and oxygen atoms in total. The summed E-state index contributed by atoms with van der Waals surface area (Å²) in [6.07, 6.45) is 4.36. The number of hydrogen-bond acceptors (Lipinski definition) is 2. The van der Waals surface area contributed by atoms with Gasteiger partial charge in [-0.05, 0) is 31.4 Å². The van der Waals surface area contributed by atoms with Gasteiger partial charge in [-0.1, -0.05) is 18.2 Å². The van der Waals surface area contributed by atoms with Crippen molar-refractivity contribution in [3.05, 3.63) is 47.8 Å². The molecule has 1 N–H and O–H groups in total. The molecule has 1 aliphatic rings. The van der Waals surface area contributed by atoms with E-state index in [1.54, 1.807) is 6.20 Å². The lowest BCUT2D eigenvalue weighted by Crippen LogP contribution is -2.11. The van der Waals surface area contributed by atoms with Gasteiger partial charge in [0.2, 0.25) is 0 Å². The number of aliphatic hydroxyl groups excluding tert-OH is 1. The number of benzene rings is 1. The molecular weight excluding hydrogens is 200 g/mol. The van der Waals surface area contributed by atoms with Gasteiger partial charge >= 0.3 is 0 Å². The zero-order valence-electron chi connectivity index (χ0n) is 9.00. The molecule has 3 heteroatoms. The molecule has 0 aliphatic heterocycles. The summed E-state index contributed by atoms with van der Waals surface area (Å²) in [6, 6.07) is 10.1. The quantitative estimate of drug-likeness (QED) is 0.790. The van der Waals surface area contributed by atoms with E-state index in [1.165, 1.54) is 0 Å². The van der Waals surface area contributed by atoms with E-state index in [-0.39, 0.29) is 6.10 Å². The lowest BCUT2D eigenvalue weighted by Gasteiger charge is -2.18. The topological polar surface area (TPSA) is 38.1 Å². The van der Waals surface area contributed by atoms with E-state index >= 15 is 0 Å². The summed E-state index contributed by atoms with van der Waals surface area (Å²) in [5, 5.41) is 14.2. The molecular formula is C13H14N2O. The lowest BCUT2D eigenvalue weighted by atomic mass is 9.95. The standard InChI is InChI=1S/C13H14N2O/c16-13-8-4-7-12-11(13)9-14-15(12)10-5-2-1-3-6-10/h1-3,5-6,9,13,16H,4,7-8H2/t13-/m1/s1. The molecule has 3 rings (SSSR count). The summed E-state index contributed by atoms with van der Waals surface area (Å²) in [7, 11) is 0. The van der Waals surface area contributed by atoms with Crippen molar-refractivity contribution < 1.29 is 5.11 Å². The van der Waals surface area contributed by atoms with Gasteiger partial charge in [-0.3, -0.25) is 0 Å². The average molecular weight is 214 g/mol.